The predicted molar refractivity (Wildman–Crippen MR) is 82.8 cm³/mol. The first-order chi connectivity index (χ1) is 9.65. The molecule has 5 heteroatoms. The molecule has 0 unspecified atom stereocenters. The van der Waals surface area contributed by atoms with E-state index in [0.29, 0.717) is 5.69 Å². The molecule has 1 heterocycles. The molecule has 3 rings (SSSR count). The summed E-state index contributed by atoms with van der Waals surface area (Å²) in [5.74, 6) is -0.210. The average molecular weight is 330 g/mol. The first-order valence-electron chi connectivity index (χ1n) is 6.13. The number of aromatic nitrogens is 2. The summed E-state index contributed by atoms with van der Waals surface area (Å²) in [6, 6.07) is 13.4. The number of amides is 1. The fourth-order valence-corrected chi connectivity index (χ4v) is 2.57. The monoisotopic (exact) mass is 329 g/mol. The second-order valence-electron chi connectivity index (χ2n) is 4.47. The number of rotatable bonds is 2. The minimum absolute atomic E-state index is 0.210. The molecular weight excluding hydrogens is 318 g/mol. The van der Waals surface area contributed by atoms with E-state index in [0.717, 1.165) is 20.9 Å². The Hall–Kier alpha value is -2.14. The number of carbonyl (C=O) groups is 1. The van der Waals surface area contributed by atoms with E-state index >= 15 is 0 Å². The van der Waals surface area contributed by atoms with E-state index < -0.39 is 0 Å². The fourth-order valence-electron chi connectivity index (χ4n) is 2.09. The lowest BCUT2D eigenvalue weighted by molar-refractivity contribution is 0.102. The highest BCUT2D eigenvalue weighted by atomic mass is 79.9. The van der Waals surface area contributed by atoms with Gasteiger partial charge in [-0.3, -0.25) is 9.48 Å². The summed E-state index contributed by atoms with van der Waals surface area (Å²) in [5.41, 5.74) is 1.18. The first kappa shape index (κ1) is 12.9. The van der Waals surface area contributed by atoms with Crippen molar-refractivity contribution in [2.75, 3.05) is 5.32 Å². The number of halogens is 1. The van der Waals surface area contributed by atoms with Crippen LogP contribution in [-0.2, 0) is 7.05 Å². The molecule has 0 saturated heterocycles. The van der Waals surface area contributed by atoms with Crippen LogP contribution in [0.2, 0.25) is 0 Å². The molecule has 3 aromatic rings. The molecule has 100 valence electrons. The molecule has 0 aliphatic heterocycles. The summed E-state index contributed by atoms with van der Waals surface area (Å²) >= 11 is 3.52. The number of nitrogens with zero attached hydrogens (tertiary/aromatic N) is 2. The van der Waals surface area contributed by atoms with Crippen LogP contribution in [0.15, 0.2) is 53.1 Å². The molecule has 0 aliphatic carbocycles. The topological polar surface area (TPSA) is 46.9 Å². The lowest BCUT2D eigenvalue weighted by Gasteiger charge is -2.09. The minimum Gasteiger partial charge on any atom is -0.320 e. The third-order valence-corrected chi connectivity index (χ3v) is 3.76. The van der Waals surface area contributed by atoms with E-state index in [1.807, 2.05) is 36.4 Å². The highest BCUT2D eigenvalue weighted by molar-refractivity contribution is 9.10. The fraction of sp³-hybridized carbons (Fsp3) is 0.0667. The molecule has 0 aliphatic rings. The molecule has 1 aromatic heterocycles. The number of hydrogen-bond acceptors (Lipinski definition) is 2. The minimum atomic E-state index is -0.210. The second-order valence-corrected chi connectivity index (χ2v) is 5.32. The molecule has 2 aromatic carbocycles. The smallest absolute Gasteiger partial charge is 0.276 e. The van der Waals surface area contributed by atoms with E-state index in [2.05, 4.69) is 26.3 Å². The maximum atomic E-state index is 12.2. The average Bonchev–Trinajstić information content (AvgIpc) is 2.89. The predicted octanol–water partition coefficient (Wildman–Crippen LogP) is 3.59. The first-order valence-corrected chi connectivity index (χ1v) is 6.93. The summed E-state index contributed by atoms with van der Waals surface area (Å²) in [7, 11) is 1.78. The van der Waals surface area contributed by atoms with Crippen LogP contribution < -0.4 is 5.32 Å². The molecule has 4 nitrogen and oxygen atoms in total. The Morgan fingerprint density at radius 2 is 1.90 bits per heavy atom. The third kappa shape index (κ3) is 2.32. The van der Waals surface area contributed by atoms with Gasteiger partial charge in [-0.2, -0.15) is 5.10 Å². The van der Waals surface area contributed by atoms with Gasteiger partial charge in [0.15, 0.2) is 5.69 Å². The van der Waals surface area contributed by atoms with Crippen molar-refractivity contribution in [3.8, 4) is 0 Å². The second kappa shape index (κ2) is 5.09. The lowest BCUT2D eigenvalue weighted by Crippen LogP contribution is -2.13. The molecule has 1 amide bonds. The molecule has 20 heavy (non-hydrogen) atoms. The standard InChI is InChI=1S/C15H12BrN3O/c1-19-9-8-14(18-19)15(20)17-13-7-6-12(16)10-4-2-3-5-11(10)13/h2-9H,1H3,(H,17,20). The molecule has 0 radical (unpaired) electrons. The van der Waals surface area contributed by atoms with Crippen LogP contribution in [0.25, 0.3) is 10.8 Å². The number of nitrogens with one attached hydrogen (secondary N) is 1. The van der Waals surface area contributed by atoms with Crippen molar-refractivity contribution in [2.45, 2.75) is 0 Å². The van der Waals surface area contributed by atoms with Crippen LogP contribution in [0.5, 0.6) is 0 Å². The zero-order valence-electron chi connectivity index (χ0n) is 10.8. The van der Waals surface area contributed by atoms with E-state index in [4.69, 9.17) is 0 Å². The van der Waals surface area contributed by atoms with Crippen LogP contribution in [0.3, 0.4) is 0 Å². The Bertz CT molecular complexity index is 795. The molecule has 1 N–H and O–H groups in total. The number of benzene rings is 2. The Balaban J connectivity index is 1.99. The highest BCUT2D eigenvalue weighted by Crippen LogP contribution is 2.30. The van der Waals surface area contributed by atoms with Gasteiger partial charge >= 0.3 is 0 Å². The number of hydrogen-bond donors (Lipinski definition) is 1. The number of aryl methyl sites for hydroxylation is 1. The summed E-state index contributed by atoms with van der Waals surface area (Å²) in [4.78, 5) is 12.2. The van der Waals surface area contributed by atoms with Gasteiger partial charge in [-0.15, -0.1) is 0 Å². The maximum Gasteiger partial charge on any atom is 0.276 e. The van der Waals surface area contributed by atoms with Gasteiger partial charge in [0.2, 0.25) is 0 Å². The largest absolute Gasteiger partial charge is 0.320 e. The third-order valence-electron chi connectivity index (χ3n) is 3.07. The Morgan fingerprint density at radius 1 is 1.15 bits per heavy atom. The Kier molecular flexibility index (Phi) is 3.28. The summed E-state index contributed by atoms with van der Waals surface area (Å²) in [6.07, 6.45) is 1.74. The van der Waals surface area contributed by atoms with Gasteiger partial charge < -0.3 is 5.32 Å². The zero-order chi connectivity index (χ0) is 14.1. The van der Waals surface area contributed by atoms with Gasteiger partial charge in [-0.25, -0.2) is 0 Å². The summed E-state index contributed by atoms with van der Waals surface area (Å²) < 4.78 is 2.61. The van der Waals surface area contributed by atoms with Gasteiger partial charge in [0, 0.05) is 28.8 Å². The number of carbonyl (C=O) groups excluding carboxylic acids is 1. The van der Waals surface area contributed by atoms with Crippen molar-refractivity contribution in [3.05, 3.63) is 58.8 Å². The van der Waals surface area contributed by atoms with Crippen LogP contribution in [-0.4, -0.2) is 15.7 Å². The molecule has 0 fully saturated rings. The molecular formula is C15H12BrN3O. The van der Waals surface area contributed by atoms with E-state index in [9.17, 15) is 4.79 Å². The molecule has 0 bridgehead atoms. The van der Waals surface area contributed by atoms with E-state index in [1.165, 1.54) is 0 Å². The Morgan fingerprint density at radius 3 is 2.60 bits per heavy atom. The van der Waals surface area contributed by atoms with Crippen molar-refractivity contribution < 1.29 is 4.79 Å². The van der Waals surface area contributed by atoms with Crippen molar-refractivity contribution >= 4 is 38.3 Å². The highest BCUT2D eigenvalue weighted by Gasteiger charge is 2.11. The van der Waals surface area contributed by atoms with Gasteiger partial charge in [0.05, 0.1) is 0 Å². The van der Waals surface area contributed by atoms with Crippen molar-refractivity contribution in [2.24, 2.45) is 7.05 Å². The number of anilines is 1. The SMILES string of the molecule is Cn1ccc(C(=O)Nc2ccc(Br)c3ccccc23)n1. The molecule has 0 saturated carbocycles. The van der Waals surface area contributed by atoms with E-state index in [1.54, 1.807) is 24.0 Å². The molecule has 0 spiro atoms. The Labute approximate surface area is 124 Å². The van der Waals surface area contributed by atoms with Crippen molar-refractivity contribution in [3.63, 3.8) is 0 Å². The lowest BCUT2D eigenvalue weighted by atomic mass is 10.1. The quantitative estimate of drug-likeness (QED) is 0.781. The molecule has 0 atom stereocenters. The maximum absolute atomic E-state index is 12.2. The normalized spacial score (nSPS) is 10.7. The number of fused-ring (bicyclic) bond motifs is 1. The van der Waals surface area contributed by atoms with Gasteiger partial charge in [-0.05, 0) is 23.6 Å². The summed E-state index contributed by atoms with van der Waals surface area (Å²) in [6.45, 7) is 0. The van der Waals surface area contributed by atoms with Crippen LogP contribution in [0, 0.1) is 0 Å². The van der Waals surface area contributed by atoms with Crippen LogP contribution >= 0.6 is 15.9 Å². The van der Waals surface area contributed by atoms with Crippen LogP contribution in [0.4, 0.5) is 5.69 Å². The van der Waals surface area contributed by atoms with Gasteiger partial charge in [0.1, 0.15) is 0 Å². The van der Waals surface area contributed by atoms with E-state index in [-0.39, 0.29) is 5.91 Å². The van der Waals surface area contributed by atoms with Crippen molar-refractivity contribution in [1.82, 2.24) is 9.78 Å². The van der Waals surface area contributed by atoms with Crippen molar-refractivity contribution in [1.29, 1.82) is 0 Å². The van der Waals surface area contributed by atoms with Crippen LogP contribution in [0.1, 0.15) is 10.5 Å². The zero-order valence-corrected chi connectivity index (χ0v) is 12.4. The van der Waals surface area contributed by atoms with Gasteiger partial charge in [0.25, 0.3) is 5.91 Å². The summed E-state index contributed by atoms with van der Waals surface area (Å²) in [5, 5.41) is 9.06. The van der Waals surface area contributed by atoms with Gasteiger partial charge in [-0.1, -0.05) is 40.2 Å².